The molecule has 0 aromatic heterocycles. The summed E-state index contributed by atoms with van der Waals surface area (Å²) in [4.78, 5) is 28.1. The normalized spacial score (nSPS) is 17.4. The molecule has 0 bridgehead atoms. The fourth-order valence-corrected chi connectivity index (χ4v) is 4.59. The number of nitrogens with one attached hydrogen (secondary N) is 1. The first kappa shape index (κ1) is 27.7. The molecule has 2 aliphatic heterocycles. The maximum absolute atomic E-state index is 13.6. The molecule has 11 heteroatoms. The summed E-state index contributed by atoms with van der Waals surface area (Å²) in [6.45, 7) is 4.42. The lowest BCUT2D eigenvalue weighted by Gasteiger charge is -2.27. The standard InChI is InChI=1S/C27H30ClFN4O5/c1-36-17-23(30-15-18-5-3-4-6-19(18)16-32-9-11-38-12-10-32)26-22(14-25(34)37-2)31-33(27(26)35)24-8-7-20(29)13-21(24)28/h3-8,13,30H,9-12,14-17H2,1-2H3/b26-23-. The monoisotopic (exact) mass is 544 g/mol. The third kappa shape index (κ3) is 6.57. The summed E-state index contributed by atoms with van der Waals surface area (Å²) >= 11 is 6.22. The van der Waals surface area contributed by atoms with Crippen LogP contribution in [0.3, 0.4) is 0 Å². The first-order valence-corrected chi connectivity index (χ1v) is 12.6. The molecule has 0 aliphatic carbocycles. The van der Waals surface area contributed by atoms with Crippen LogP contribution in [0.4, 0.5) is 10.1 Å². The Morgan fingerprint density at radius 2 is 1.89 bits per heavy atom. The van der Waals surface area contributed by atoms with Gasteiger partial charge in [0.2, 0.25) is 0 Å². The van der Waals surface area contributed by atoms with E-state index >= 15 is 0 Å². The minimum Gasteiger partial charge on any atom is -0.469 e. The first-order chi connectivity index (χ1) is 18.4. The predicted octanol–water partition coefficient (Wildman–Crippen LogP) is 3.27. The van der Waals surface area contributed by atoms with Gasteiger partial charge in [0, 0.05) is 33.3 Å². The second kappa shape index (κ2) is 13.0. The maximum atomic E-state index is 13.6. The molecule has 202 valence electrons. The molecule has 0 unspecified atom stereocenters. The Kier molecular flexibility index (Phi) is 9.46. The van der Waals surface area contributed by atoms with Crippen LogP contribution in [0, 0.1) is 5.82 Å². The van der Waals surface area contributed by atoms with Crippen molar-refractivity contribution in [2.24, 2.45) is 5.10 Å². The highest BCUT2D eigenvalue weighted by Gasteiger charge is 2.36. The van der Waals surface area contributed by atoms with Gasteiger partial charge in [0.25, 0.3) is 5.91 Å². The van der Waals surface area contributed by atoms with Crippen molar-refractivity contribution >= 4 is 34.9 Å². The van der Waals surface area contributed by atoms with Crippen LogP contribution in [-0.4, -0.2) is 69.6 Å². The van der Waals surface area contributed by atoms with Gasteiger partial charge in [-0.25, -0.2) is 4.39 Å². The van der Waals surface area contributed by atoms with Gasteiger partial charge in [-0.3, -0.25) is 14.5 Å². The number of halogens is 2. The van der Waals surface area contributed by atoms with Gasteiger partial charge in [0.15, 0.2) is 0 Å². The highest BCUT2D eigenvalue weighted by Crippen LogP contribution is 2.32. The number of anilines is 1. The summed E-state index contributed by atoms with van der Waals surface area (Å²) < 4.78 is 29.3. The highest BCUT2D eigenvalue weighted by atomic mass is 35.5. The van der Waals surface area contributed by atoms with E-state index in [-0.39, 0.29) is 35.0 Å². The second-order valence-electron chi connectivity index (χ2n) is 8.81. The Hall–Kier alpha value is -3.31. The minimum atomic E-state index is -0.561. The molecule has 2 heterocycles. The summed E-state index contributed by atoms with van der Waals surface area (Å²) in [5.41, 5.74) is 3.25. The Morgan fingerprint density at radius 3 is 2.58 bits per heavy atom. The molecule has 9 nitrogen and oxygen atoms in total. The van der Waals surface area contributed by atoms with Gasteiger partial charge in [-0.1, -0.05) is 35.9 Å². The van der Waals surface area contributed by atoms with E-state index in [0.717, 1.165) is 41.8 Å². The van der Waals surface area contributed by atoms with Crippen LogP contribution in [0.1, 0.15) is 17.5 Å². The van der Waals surface area contributed by atoms with Crippen LogP contribution >= 0.6 is 11.6 Å². The van der Waals surface area contributed by atoms with Crippen LogP contribution < -0.4 is 10.3 Å². The Balaban J connectivity index is 1.64. The average Bonchev–Trinajstić information content (AvgIpc) is 3.22. The number of methoxy groups -OCH3 is 2. The van der Waals surface area contributed by atoms with Gasteiger partial charge in [0.05, 0.1) is 61.0 Å². The lowest BCUT2D eigenvalue weighted by molar-refractivity contribution is -0.139. The summed E-state index contributed by atoms with van der Waals surface area (Å²) in [7, 11) is 2.77. The number of hydrogen-bond acceptors (Lipinski definition) is 8. The van der Waals surface area contributed by atoms with Crippen molar-refractivity contribution in [3.8, 4) is 0 Å². The van der Waals surface area contributed by atoms with Gasteiger partial charge in [-0.15, -0.1) is 0 Å². The number of esters is 1. The Morgan fingerprint density at radius 1 is 1.16 bits per heavy atom. The molecule has 0 spiro atoms. The SMILES string of the molecule is COC/C(NCc1ccccc1CN1CCOCC1)=C1/C(=O)N(c2ccc(F)cc2Cl)N=C1CC(=O)OC. The third-order valence-electron chi connectivity index (χ3n) is 6.29. The molecular formula is C27H30ClFN4O5. The molecule has 4 rings (SSSR count). The number of carbonyl (C=O) groups is 2. The summed E-state index contributed by atoms with van der Waals surface area (Å²) in [6, 6.07) is 11.7. The second-order valence-corrected chi connectivity index (χ2v) is 9.22. The number of hydrogen-bond donors (Lipinski definition) is 1. The zero-order valence-electron chi connectivity index (χ0n) is 21.3. The molecule has 1 N–H and O–H groups in total. The van der Waals surface area contributed by atoms with Crippen molar-refractivity contribution in [1.29, 1.82) is 0 Å². The van der Waals surface area contributed by atoms with E-state index in [1.165, 1.54) is 26.4 Å². The van der Waals surface area contributed by atoms with Gasteiger partial charge >= 0.3 is 5.97 Å². The van der Waals surface area contributed by atoms with Gasteiger partial charge in [0.1, 0.15) is 5.82 Å². The average molecular weight is 545 g/mol. The van der Waals surface area contributed by atoms with E-state index in [9.17, 15) is 14.0 Å². The lowest BCUT2D eigenvalue weighted by atomic mass is 10.0. The number of rotatable bonds is 10. The fraction of sp³-hybridized carbons (Fsp3) is 0.370. The largest absolute Gasteiger partial charge is 0.469 e. The van der Waals surface area contributed by atoms with Crippen molar-refractivity contribution in [3.63, 3.8) is 0 Å². The van der Waals surface area contributed by atoms with E-state index in [2.05, 4.69) is 21.4 Å². The summed E-state index contributed by atoms with van der Waals surface area (Å²) in [6.07, 6.45) is -0.241. The van der Waals surface area contributed by atoms with Crippen LogP contribution in [-0.2, 0) is 36.9 Å². The molecule has 0 atom stereocenters. The molecule has 0 saturated carbocycles. The number of benzene rings is 2. The smallest absolute Gasteiger partial charge is 0.311 e. The molecule has 1 saturated heterocycles. The number of ether oxygens (including phenoxy) is 3. The molecular weight excluding hydrogens is 515 g/mol. The van der Waals surface area contributed by atoms with Gasteiger partial charge in [-0.2, -0.15) is 10.1 Å². The quantitative estimate of drug-likeness (QED) is 0.362. The number of nitrogens with zero attached hydrogens (tertiary/aromatic N) is 3. The minimum absolute atomic E-state index is 0.0130. The zero-order chi connectivity index (χ0) is 27.1. The Bertz CT molecular complexity index is 1250. The van der Waals surface area contributed by atoms with Gasteiger partial charge in [-0.05, 0) is 29.3 Å². The lowest BCUT2D eigenvalue weighted by Crippen LogP contribution is -2.36. The molecule has 2 aromatic rings. The third-order valence-corrected chi connectivity index (χ3v) is 6.59. The Labute approximate surface area is 225 Å². The van der Waals surface area contributed by atoms with E-state index in [1.54, 1.807) is 0 Å². The zero-order valence-corrected chi connectivity index (χ0v) is 22.1. The number of morpholine rings is 1. The highest BCUT2D eigenvalue weighted by molar-refractivity contribution is 6.37. The first-order valence-electron chi connectivity index (χ1n) is 12.2. The number of hydrazone groups is 1. The van der Waals surface area contributed by atoms with Gasteiger partial charge < -0.3 is 19.5 Å². The number of amides is 1. The molecule has 0 radical (unpaired) electrons. The molecule has 38 heavy (non-hydrogen) atoms. The fourth-order valence-electron chi connectivity index (χ4n) is 4.34. The maximum Gasteiger partial charge on any atom is 0.311 e. The van der Waals surface area contributed by atoms with Crippen molar-refractivity contribution < 1.29 is 28.2 Å². The van der Waals surface area contributed by atoms with Crippen LogP contribution in [0.2, 0.25) is 5.02 Å². The van der Waals surface area contributed by atoms with E-state index in [0.29, 0.717) is 25.5 Å². The predicted molar refractivity (Wildman–Crippen MR) is 141 cm³/mol. The van der Waals surface area contributed by atoms with E-state index in [4.69, 9.17) is 25.8 Å². The van der Waals surface area contributed by atoms with Crippen molar-refractivity contribution in [2.45, 2.75) is 19.5 Å². The van der Waals surface area contributed by atoms with Crippen LogP contribution in [0.15, 0.2) is 58.8 Å². The van der Waals surface area contributed by atoms with Crippen molar-refractivity contribution in [1.82, 2.24) is 10.2 Å². The van der Waals surface area contributed by atoms with Crippen molar-refractivity contribution in [3.05, 3.63) is 75.7 Å². The summed E-state index contributed by atoms with van der Waals surface area (Å²) in [5, 5.41) is 8.80. The van der Waals surface area contributed by atoms with Crippen molar-refractivity contribution in [2.75, 3.05) is 52.1 Å². The molecule has 2 aliphatic rings. The van der Waals surface area contributed by atoms with E-state index < -0.39 is 17.7 Å². The number of carbonyl (C=O) groups excluding carboxylic acids is 2. The topological polar surface area (TPSA) is 92.7 Å². The molecule has 1 amide bonds. The molecule has 1 fully saturated rings. The van der Waals surface area contributed by atoms with Crippen LogP contribution in [0.5, 0.6) is 0 Å². The van der Waals surface area contributed by atoms with Crippen LogP contribution in [0.25, 0.3) is 0 Å². The molecule has 2 aromatic carbocycles. The summed E-state index contributed by atoms with van der Waals surface area (Å²) in [5.74, 6) is -1.62. The van der Waals surface area contributed by atoms with E-state index in [1.807, 2.05) is 18.2 Å².